The Balaban J connectivity index is 0.00000308. The molecule has 0 N–H and O–H groups in total. The molecule has 6 nitrogen and oxygen atoms in total. The fourth-order valence-electron chi connectivity index (χ4n) is 6.28. The Kier molecular flexibility index (Phi) is 16.5. The minimum Gasteiger partial charge on any atom is -0.497 e. The quantitative estimate of drug-likeness (QED) is 0.153. The number of rotatable bonds is 15. The van der Waals surface area contributed by atoms with Gasteiger partial charge in [-0.3, -0.25) is 9.59 Å². The summed E-state index contributed by atoms with van der Waals surface area (Å²) in [5.41, 5.74) is 1.53. The number of hydrogen-bond acceptors (Lipinski definition) is 6. The zero-order valence-electron chi connectivity index (χ0n) is 25.4. The lowest BCUT2D eigenvalue weighted by Gasteiger charge is -2.31. The first kappa shape index (κ1) is 36.1. The molecule has 2 saturated heterocycles. The second kappa shape index (κ2) is 19.2. The molecule has 0 bridgehead atoms. The van der Waals surface area contributed by atoms with Crippen molar-refractivity contribution in [2.45, 2.75) is 64.2 Å². The Morgan fingerprint density at radius 1 is 0.595 bits per heavy atom. The van der Waals surface area contributed by atoms with Gasteiger partial charge in [0.2, 0.25) is 0 Å². The lowest BCUT2D eigenvalue weighted by Crippen LogP contribution is -2.37. The molecule has 8 heteroatoms. The molecule has 0 radical (unpaired) electrons. The summed E-state index contributed by atoms with van der Waals surface area (Å²) < 4.78 is 10.6. The molecule has 0 aliphatic carbocycles. The SMILES string of the molecule is COc1ccc(C(=O)C(CCCCC(CN2CCCCC2)C(=O)c2ccc(OC)cc2)CN2CCCCC2)cc1.Cl.Cl. The van der Waals surface area contributed by atoms with Crippen molar-refractivity contribution in [3.8, 4) is 11.5 Å². The predicted molar refractivity (Wildman–Crippen MR) is 175 cm³/mol. The first-order valence-corrected chi connectivity index (χ1v) is 15.4. The van der Waals surface area contributed by atoms with Gasteiger partial charge in [0.1, 0.15) is 11.5 Å². The lowest BCUT2D eigenvalue weighted by atomic mass is 9.88. The van der Waals surface area contributed by atoms with Gasteiger partial charge in [0.05, 0.1) is 14.2 Å². The van der Waals surface area contributed by atoms with Gasteiger partial charge in [-0.25, -0.2) is 0 Å². The molecule has 2 aliphatic rings. The number of carbonyl (C=O) groups is 2. The summed E-state index contributed by atoms with van der Waals surface area (Å²) in [6.07, 6.45) is 11.1. The number of Topliss-reactive ketones (excluding diaryl/α,β-unsaturated/α-hetero) is 2. The Labute approximate surface area is 265 Å². The van der Waals surface area contributed by atoms with Gasteiger partial charge in [0.15, 0.2) is 11.6 Å². The van der Waals surface area contributed by atoms with Crippen LogP contribution in [0.1, 0.15) is 84.9 Å². The molecular weight excluding hydrogens is 571 g/mol. The van der Waals surface area contributed by atoms with Crippen LogP contribution in [0.15, 0.2) is 48.5 Å². The van der Waals surface area contributed by atoms with Crippen molar-refractivity contribution in [1.82, 2.24) is 9.80 Å². The highest BCUT2D eigenvalue weighted by Gasteiger charge is 2.26. The van der Waals surface area contributed by atoms with Crippen LogP contribution in [0.5, 0.6) is 11.5 Å². The molecule has 0 spiro atoms. The smallest absolute Gasteiger partial charge is 0.167 e. The second-order valence-electron chi connectivity index (χ2n) is 11.6. The number of carbonyl (C=O) groups excluding carboxylic acids is 2. The minimum absolute atomic E-state index is 0. The molecule has 0 aromatic heterocycles. The Morgan fingerprint density at radius 2 is 0.929 bits per heavy atom. The molecule has 234 valence electrons. The monoisotopic (exact) mass is 620 g/mol. The van der Waals surface area contributed by atoms with Crippen LogP contribution in [-0.4, -0.2) is 74.9 Å². The van der Waals surface area contributed by atoms with Crippen molar-refractivity contribution in [2.75, 3.05) is 53.5 Å². The molecule has 2 aromatic rings. The van der Waals surface area contributed by atoms with Gasteiger partial charge in [0.25, 0.3) is 0 Å². The number of hydrogen-bond donors (Lipinski definition) is 0. The summed E-state index contributed by atoms with van der Waals surface area (Å²) in [6, 6.07) is 15.1. The van der Waals surface area contributed by atoms with Crippen molar-refractivity contribution in [3.05, 3.63) is 59.7 Å². The molecule has 2 unspecified atom stereocenters. The van der Waals surface area contributed by atoms with Crippen LogP contribution in [0.3, 0.4) is 0 Å². The summed E-state index contributed by atoms with van der Waals surface area (Å²) in [4.78, 5) is 32.2. The average molecular weight is 622 g/mol. The molecule has 4 rings (SSSR count). The van der Waals surface area contributed by atoms with E-state index in [1.165, 1.54) is 38.5 Å². The van der Waals surface area contributed by atoms with E-state index < -0.39 is 0 Å². The maximum atomic E-state index is 13.6. The number of methoxy groups -OCH3 is 2. The van der Waals surface area contributed by atoms with Crippen LogP contribution >= 0.6 is 24.8 Å². The van der Waals surface area contributed by atoms with Gasteiger partial charge < -0.3 is 19.3 Å². The fraction of sp³-hybridized carbons (Fsp3) is 0.588. The lowest BCUT2D eigenvalue weighted by molar-refractivity contribution is 0.0833. The van der Waals surface area contributed by atoms with Crippen molar-refractivity contribution in [1.29, 1.82) is 0 Å². The third kappa shape index (κ3) is 10.9. The predicted octanol–water partition coefficient (Wildman–Crippen LogP) is 7.38. The van der Waals surface area contributed by atoms with E-state index >= 15 is 0 Å². The number of benzene rings is 2. The highest BCUT2D eigenvalue weighted by molar-refractivity contribution is 5.98. The standard InChI is InChI=1S/C34H48N2O4.2ClH/c1-39-31-17-13-27(14-18-31)33(37)29(25-35-21-7-3-8-22-35)11-5-6-12-30(26-36-23-9-4-10-24-36)34(38)28-15-19-32(40-2)20-16-28;;/h13-20,29-30H,3-12,21-26H2,1-2H3;2*1H. The molecule has 2 fully saturated rings. The zero-order valence-corrected chi connectivity index (χ0v) is 27.1. The largest absolute Gasteiger partial charge is 0.497 e. The first-order valence-electron chi connectivity index (χ1n) is 15.4. The minimum atomic E-state index is -0.0238. The summed E-state index contributed by atoms with van der Waals surface area (Å²) >= 11 is 0. The summed E-state index contributed by atoms with van der Waals surface area (Å²) in [5.74, 6) is 1.95. The van der Waals surface area contributed by atoms with Gasteiger partial charge in [-0.1, -0.05) is 25.7 Å². The van der Waals surface area contributed by atoms with Crippen molar-refractivity contribution in [3.63, 3.8) is 0 Å². The Hall–Kier alpha value is -2.12. The molecule has 0 saturated carbocycles. The first-order chi connectivity index (χ1) is 19.6. The Morgan fingerprint density at radius 3 is 1.24 bits per heavy atom. The number of ether oxygens (including phenoxy) is 2. The van der Waals surface area contributed by atoms with Crippen molar-refractivity contribution in [2.24, 2.45) is 11.8 Å². The zero-order chi connectivity index (χ0) is 28.2. The molecule has 0 amide bonds. The van der Waals surface area contributed by atoms with E-state index in [4.69, 9.17) is 9.47 Å². The maximum Gasteiger partial charge on any atom is 0.167 e. The number of nitrogens with zero attached hydrogens (tertiary/aromatic N) is 2. The molecular formula is C34H50Cl2N2O4. The van der Waals surface area contributed by atoms with Crippen LogP contribution in [0.25, 0.3) is 0 Å². The van der Waals surface area contributed by atoms with Crippen molar-refractivity contribution >= 4 is 36.4 Å². The number of unbranched alkanes of at least 4 members (excludes halogenated alkanes) is 1. The van der Waals surface area contributed by atoms with Crippen LogP contribution in [0.4, 0.5) is 0 Å². The van der Waals surface area contributed by atoms with Gasteiger partial charge in [-0.2, -0.15) is 0 Å². The van der Waals surface area contributed by atoms with Crippen LogP contribution in [0.2, 0.25) is 0 Å². The van der Waals surface area contributed by atoms with Gasteiger partial charge in [-0.15, -0.1) is 24.8 Å². The number of piperidine rings is 2. The van der Waals surface area contributed by atoms with Crippen LogP contribution < -0.4 is 9.47 Å². The maximum absolute atomic E-state index is 13.6. The van der Waals surface area contributed by atoms with E-state index in [1.54, 1.807) is 14.2 Å². The normalized spacial score (nSPS) is 17.3. The summed E-state index contributed by atoms with van der Waals surface area (Å²) in [6.45, 7) is 5.99. The van der Waals surface area contributed by atoms with Gasteiger partial charge in [0, 0.05) is 36.1 Å². The van der Waals surface area contributed by atoms with Gasteiger partial charge >= 0.3 is 0 Å². The Bertz CT molecular complexity index is 967. The van der Waals surface area contributed by atoms with E-state index in [1.807, 2.05) is 48.5 Å². The summed E-state index contributed by atoms with van der Waals surface area (Å²) in [5, 5.41) is 0. The van der Waals surface area contributed by atoms with E-state index in [2.05, 4.69) is 9.80 Å². The number of ketones is 2. The molecule has 42 heavy (non-hydrogen) atoms. The molecule has 2 heterocycles. The van der Waals surface area contributed by atoms with E-state index in [0.717, 1.165) is 87.6 Å². The highest BCUT2D eigenvalue weighted by Crippen LogP contribution is 2.25. The van der Waals surface area contributed by atoms with E-state index in [9.17, 15) is 9.59 Å². The number of likely N-dealkylation sites (tertiary alicyclic amines) is 2. The molecule has 2 aliphatic heterocycles. The van der Waals surface area contributed by atoms with Gasteiger partial charge in [-0.05, 0) is 113 Å². The van der Waals surface area contributed by atoms with Crippen LogP contribution in [-0.2, 0) is 0 Å². The van der Waals surface area contributed by atoms with E-state index in [0.29, 0.717) is 0 Å². The van der Waals surface area contributed by atoms with Crippen molar-refractivity contribution < 1.29 is 19.1 Å². The number of halogens is 2. The molecule has 2 atom stereocenters. The molecule has 2 aromatic carbocycles. The topological polar surface area (TPSA) is 59.1 Å². The van der Waals surface area contributed by atoms with E-state index in [-0.39, 0.29) is 48.2 Å². The third-order valence-corrected chi connectivity index (χ3v) is 8.70. The third-order valence-electron chi connectivity index (χ3n) is 8.70. The second-order valence-corrected chi connectivity index (χ2v) is 11.6. The van der Waals surface area contributed by atoms with Crippen LogP contribution in [0, 0.1) is 11.8 Å². The summed E-state index contributed by atoms with van der Waals surface area (Å²) in [7, 11) is 3.29. The fourth-order valence-corrected chi connectivity index (χ4v) is 6.28. The average Bonchev–Trinajstić information content (AvgIpc) is 3.02. The highest BCUT2D eigenvalue weighted by atomic mass is 35.5.